The van der Waals surface area contributed by atoms with Crippen LogP contribution in [0.4, 0.5) is 0 Å². The first-order valence-corrected chi connectivity index (χ1v) is 23.4. The van der Waals surface area contributed by atoms with Gasteiger partial charge in [0.05, 0.1) is 6.61 Å². The average Bonchev–Trinajstić information content (AvgIpc) is 3.22. The fourth-order valence-electron chi connectivity index (χ4n) is 5.85. The molecule has 0 aromatic heterocycles. The first-order valence-electron chi connectivity index (χ1n) is 23.4. The second-order valence-corrected chi connectivity index (χ2v) is 14.9. The molecule has 0 aromatic carbocycles. The summed E-state index contributed by atoms with van der Waals surface area (Å²) in [7, 11) is 0. The Hall–Kier alpha value is -3.44. The maximum absolute atomic E-state index is 12.7. The van der Waals surface area contributed by atoms with Crippen molar-refractivity contribution in [3.63, 3.8) is 0 Å². The molecule has 0 amide bonds. The monoisotopic (exact) mass is 803 g/mol. The Morgan fingerprint density at radius 2 is 0.776 bits per heavy atom. The van der Waals surface area contributed by atoms with E-state index in [2.05, 4.69) is 130 Å². The lowest BCUT2D eigenvalue weighted by Gasteiger charge is -2.18. The van der Waals surface area contributed by atoms with Gasteiger partial charge in [-0.15, -0.1) is 0 Å². The van der Waals surface area contributed by atoms with Crippen molar-refractivity contribution in [2.24, 2.45) is 0 Å². The van der Waals surface area contributed by atoms with Gasteiger partial charge in [0.15, 0.2) is 6.10 Å². The summed E-state index contributed by atoms with van der Waals surface area (Å²) in [6.07, 6.45) is 65.3. The number of carbonyl (C=O) groups excluding carboxylic acids is 2. The van der Waals surface area contributed by atoms with Crippen LogP contribution in [-0.2, 0) is 23.8 Å². The minimum atomic E-state index is -0.591. The van der Waals surface area contributed by atoms with Gasteiger partial charge in [-0.3, -0.25) is 9.59 Å². The molecule has 0 aliphatic carbocycles. The number of unbranched alkanes of at least 4 members (excludes halogenated alkanes) is 12. The van der Waals surface area contributed by atoms with Crippen LogP contribution < -0.4 is 0 Å². The lowest BCUT2D eigenvalue weighted by atomic mass is 10.1. The highest BCUT2D eigenvalue weighted by atomic mass is 16.6. The molecule has 0 aliphatic heterocycles. The second kappa shape index (κ2) is 47.9. The van der Waals surface area contributed by atoms with E-state index in [9.17, 15) is 9.59 Å². The first kappa shape index (κ1) is 54.6. The molecule has 0 N–H and O–H groups in total. The Morgan fingerprint density at radius 3 is 1.29 bits per heavy atom. The number of carbonyl (C=O) groups is 2. The molecule has 1 atom stereocenters. The van der Waals surface area contributed by atoms with Gasteiger partial charge in [-0.05, 0) is 116 Å². The van der Waals surface area contributed by atoms with Gasteiger partial charge in [-0.2, -0.15) is 0 Å². The van der Waals surface area contributed by atoms with Gasteiger partial charge in [-0.1, -0.05) is 169 Å². The summed E-state index contributed by atoms with van der Waals surface area (Å²) in [6.45, 7) is 7.37. The third-order valence-electron chi connectivity index (χ3n) is 9.27. The SMILES string of the molecule is CC/C=C\C/C=C\C/C=C\C/C=C\CCCCC(=O)OCC(COCCC/C=C\C/C=C\C/C=C\C/C=C\CC)OC(=O)CCCCCCC/C=C\CCCCCC. The zero-order valence-electron chi connectivity index (χ0n) is 37.5. The smallest absolute Gasteiger partial charge is 0.306 e. The van der Waals surface area contributed by atoms with Crippen LogP contribution in [-0.4, -0.2) is 37.9 Å². The van der Waals surface area contributed by atoms with E-state index in [0.29, 0.717) is 19.4 Å². The molecule has 1 unspecified atom stereocenters. The fraction of sp³-hybridized carbons (Fsp3) is 0.623. The highest BCUT2D eigenvalue weighted by Crippen LogP contribution is 2.11. The average molecular weight is 803 g/mol. The van der Waals surface area contributed by atoms with E-state index in [1.165, 1.54) is 44.9 Å². The van der Waals surface area contributed by atoms with Gasteiger partial charge in [0.1, 0.15) is 6.61 Å². The summed E-state index contributed by atoms with van der Waals surface area (Å²) in [5.41, 5.74) is 0. The summed E-state index contributed by atoms with van der Waals surface area (Å²) in [5.74, 6) is -0.495. The third-order valence-corrected chi connectivity index (χ3v) is 9.27. The van der Waals surface area contributed by atoms with Crippen molar-refractivity contribution in [1.82, 2.24) is 0 Å². The normalized spacial score (nSPS) is 13.2. The molecule has 328 valence electrons. The zero-order chi connectivity index (χ0) is 42.1. The van der Waals surface area contributed by atoms with E-state index in [-0.39, 0.29) is 25.2 Å². The highest BCUT2D eigenvalue weighted by molar-refractivity contribution is 5.70. The lowest BCUT2D eigenvalue weighted by molar-refractivity contribution is -0.163. The minimum Gasteiger partial charge on any atom is -0.462 e. The Labute approximate surface area is 357 Å². The molecule has 0 saturated carbocycles. The number of rotatable bonds is 41. The zero-order valence-corrected chi connectivity index (χ0v) is 37.5. The van der Waals surface area contributed by atoms with Crippen molar-refractivity contribution >= 4 is 11.9 Å². The maximum Gasteiger partial charge on any atom is 0.306 e. The van der Waals surface area contributed by atoms with E-state index in [1.807, 2.05) is 0 Å². The van der Waals surface area contributed by atoms with Gasteiger partial charge in [-0.25, -0.2) is 0 Å². The number of ether oxygens (including phenoxy) is 3. The maximum atomic E-state index is 12.7. The first-order chi connectivity index (χ1) is 28.6. The fourth-order valence-corrected chi connectivity index (χ4v) is 5.85. The molecule has 0 rings (SSSR count). The molecule has 5 nitrogen and oxygen atoms in total. The van der Waals surface area contributed by atoms with E-state index >= 15 is 0 Å². The van der Waals surface area contributed by atoms with Crippen molar-refractivity contribution < 1.29 is 23.8 Å². The molecule has 0 fully saturated rings. The van der Waals surface area contributed by atoms with Gasteiger partial charge < -0.3 is 14.2 Å². The predicted octanol–water partition coefficient (Wildman–Crippen LogP) is 15.7. The highest BCUT2D eigenvalue weighted by Gasteiger charge is 2.17. The van der Waals surface area contributed by atoms with E-state index in [1.54, 1.807) is 0 Å². The van der Waals surface area contributed by atoms with Gasteiger partial charge in [0, 0.05) is 19.4 Å². The van der Waals surface area contributed by atoms with Crippen molar-refractivity contribution in [2.45, 2.75) is 194 Å². The Bertz CT molecular complexity index is 1180. The van der Waals surface area contributed by atoms with Crippen LogP contribution in [0.3, 0.4) is 0 Å². The number of esters is 2. The number of allylic oxidation sites excluding steroid dienone is 18. The van der Waals surface area contributed by atoms with E-state index < -0.39 is 6.10 Å². The molecule has 5 heteroatoms. The molecule has 0 aliphatic rings. The molecule has 0 aromatic rings. The van der Waals surface area contributed by atoms with Crippen LogP contribution in [0.5, 0.6) is 0 Å². The molecular weight excluding hydrogens is 717 g/mol. The summed E-state index contributed by atoms with van der Waals surface area (Å²) < 4.78 is 17.2. The van der Waals surface area contributed by atoms with Crippen molar-refractivity contribution in [1.29, 1.82) is 0 Å². The minimum absolute atomic E-state index is 0.0322. The van der Waals surface area contributed by atoms with Crippen molar-refractivity contribution in [2.75, 3.05) is 19.8 Å². The van der Waals surface area contributed by atoms with Crippen LogP contribution in [0, 0.1) is 0 Å². The van der Waals surface area contributed by atoms with Crippen molar-refractivity contribution in [3.8, 4) is 0 Å². The summed E-state index contributed by atoms with van der Waals surface area (Å²) in [5, 5.41) is 0. The molecule has 0 spiro atoms. The molecule has 58 heavy (non-hydrogen) atoms. The Balaban J connectivity index is 4.46. The molecule has 0 heterocycles. The largest absolute Gasteiger partial charge is 0.462 e. The third kappa shape index (κ3) is 45.3. The number of hydrogen-bond acceptors (Lipinski definition) is 5. The van der Waals surface area contributed by atoms with Crippen LogP contribution in [0.25, 0.3) is 0 Å². The van der Waals surface area contributed by atoms with E-state index in [0.717, 1.165) is 109 Å². The summed E-state index contributed by atoms with van der Waals surface area (Å²) in [6, 6.07) is 0. The summed E-state index contributed by atoms with van der Waals surface area (Å²) >= 11 is 0. The molecule has 0 radical (unpaired) electrons. The van der Waals surface area contributed by atoms with E-state index in [4.69, 9.17) is 14.2 Å². The quantitative estimate of drug-likeness (QED) is 0.0350. The lowest BCUT2D eigenvalue weighted by Crippen LogP contribution is -2.30. The van der Waals surface area contributed by atoms with Gasteiger partial charge >= 0.3 is 11.9 Å². The Morgan fingerprint density at radius 1 is 0.397 bits per heavy atom. The van der Waals surface area contributed by atoms with Crippen LogP contribution in [0.1, 0.15) is 188 Å². The van der Waals surface area contributed by atoms with Crippen LogP contribution in [0.2, 0.25) is 0 Å². The van der Waals surface area contributed by atoms with Gasteiger partial charge in [0.2, 0.25) is 0 Å². The van der Waals surface area contributed by atoms with Crippen LogP contribution >= 0.6 is 0 Å². The van der Waals surface area contributed by atoms with Crippen molar-refractivity contribution in [3.05, 3.63) is 109 Å². The Kier molecular flexibility index (Phi) is 45.1. The number of hydrogen-bond donors (Lipinski definition) is 0. The second-order valence-electron chi connectivity index (χ2n) is 14.9. The standard InChI is InChI=1S/C53H86O5/c1-4-7-10-13-16-19-22-25-27-29-31-34-37-40-43-46-52(54)57-50-51(49-56-48-45-42-39-36-33-30-26-23-20-17-14-11-8-5-2)58-53(55)47-44-41-38-35-32-28-24-21-18-15-12-9-6-3/h7-8,10-11,16-17,19-21,24-27,30-31,34,36,39,51H,4-6,9,12-15,18,22-23,28-29,32-33,35,37-38,40-50H2,1-3H3/b10-7-,11-8-,19-16-,20-17-,24-21-,27-25-,30-26-,34-31-,39-36-. The van der Waals surface area contributed by atoms with Crippen LogP contribution in [0.15, 0.2) is 109 Å². The topological polar surface area (TPSA) is 61.8 Å². The van der Waals surface area contributed by atoms with Gasteiger partial charge in [0.25, 0.3) is 0 Å². The molecule has 0 saturated heterocycles. The summed E-state index contributed by atoms with van der Waals surface area (Å²) in [4.78, 5) is 25.3. The molecule has 0 bridgehead atoms. The molecular formula is C53H86O5. The predicted molar refractivity (Wildman–Crippen MR) is 251 cm³/mol.